The monoisotopic (exact) mass is 299 g/mol. The first-order valence-corrected chi connectivity index (χ1v) is 6.56. The molecule has 0 fully saturated rings. The van der Waals surface area contributed by atoms with E-state index in [1.165, 1.54) is 12.4 Å². The van der Waals surface area contributed by atoms with Crippen LogP contribution in [0.5, 0.6) is 0 Å². The summed E-state index contributed by atoms with van der Waals surface area (Å²) < 4.78 is 5.03. The number of H-pyrrole nitrogens is 1. The van der Waals surface area contributed by atoms with Gasteiger partial charge in [0.2, 0.25) is 0 Å². The van der Waals surface area contributed by atoms with E-state index in [-0.39, 0.29) is 13.0 Å². The smallest absolute Gasteiger partial charge is 0.407 e. The van der Waals surface area contributed by atoms with Crippen LogP contribution in [-0.2, 0) is 4.74 Å². The Bertz CT molecular complexity index is 503. The fourth-order valence-corrected chi connectivity index (χ4v) is 1.53. The minimum atomic E-state index is -1.20. The predicted molar refractivity (Wildman–Crippen MR) is 74.7 cm³/mol. The van der Waals surface area contributed by atoms with Gasteiger partial charge in [0.1, 0.15) is 11.7 Å². The first-order chi connectivity index (χ1) is 9.69. The molecule has 8 heteroatoms. The van der Waals surface area contributed by atoms with Crippen molar-refractivity contribution in [2.45, 2.75) is 45.0 Å². The van der Waals surface area contributed by atoms with E-state index in [4.69, 9.17) is 4.74 Å². The van der Waals surface area contributed by atoms with Gasteiger partial charge in [-0.1, -0.05) is 0 Å². The lowest BCUT2D eigenvalue weighted by Gasteiger charge is -2.21. The van der Waals surface area contributed by atoms with Gasteiger partial charge in [-0.25, -0.2) is 14.6 Å². The molecule has 0 radical (unpaired) electrons. The van der Waals surface area contributed by atoms with Crippen molar-refractivity contribution >= 4 is 6.09 Å². The molecule has 0 aromatic carbocycles. The van der Waals surface area contributed by atoms with Gasteiger partial charge in [0.05, 0.1) is 6.10 Å². The lowest BCUT2D eigenvalue weighted by molar-refractivity contribution is 0.0119. The van der Waals surface area contributed by atoms with Gasteiger partial charge in [0.15, 0.2) is 0 Å². The molecule has 0 spiro atoms. The number of amides is 1. The van der Waals surface area contributed by atoms with E-state index in [1.54, 1.807) is 20.8 Å². The van der Waals surface area contributed by atoms with Gasteiger partial charge < -0.3 is 25.3 Å². The summed E-state index contributed by atoms with van der Waals surface area (Å²) in [4.78, 5) is 28.0. The molecule has 1 aromatic rings. The second kappa shape index (κ2) is 7.19. The van der Waals surface area contributed by atoms with Crippen molar-refractivity contribution < 1.29 is 19.7 Å². The number of carbonyl (C=O) groups excluding carboxylic acids is 1. The Morgan fingerprint density at radius 1 is 1.48 bits per heavy atom. The van der Waals surface area contributed by atoms with E-state index in [1.807, 2.05) is 0 Å². The standard InChI is InChI=1S/C13H21N3O5/c1-13(2,3)21-12(20)14-5-4-9(17)10(18)8-6-15-11(19)16-7-8/h6-7,9-10,17-18H,4-5H2,1-3H3,(H,14,20)(H,15,16,19). The number of ether oxygens (including phenoxy) is 1. The first-order valence-electron chi connectivity index (χ1n) is 6.56. The molecule has 0 aliphatic carbocycles. The van der Waals surface area contributed by atoms with E-state index < -0.39 is 29.6 Å². The largest absolute Gasteiger partial charge is 0.444 e. The number of aromatic amines is 1. The Morgan fingerprint density at radius 3 is 2.67 bits per heavy atom. The van der Waals surface area contributed by atoms with Crippen molar-refractivity contribution in [3.05, 3.63) is 28.4 Å². The molecule has 2 unspecified atom stereocenters. The third-order valence-corrected chi connectivity index (χ3v) is 2.51. The molecule has 0 aliphatic rings. The number of nitrogens with zero attached hydrogens (tertiary/aromatic N) is 1. The van der Waals surface area contributed by atoms with Crippen LogP contribution in [0.1, 0.15) is 38.9 Å². The minimum absolute atomic E-state index is 0.125. The van der Waals surface area contributed by atoms with Crippen LogP contribution in [0.25, 0.3) is 0 Å². The minimum Gasteiger partial charge on any atom is -0.444 e. The van der Waals surface area contributed by atoms with Crippen LogP contribution in [0.15, 0.2) is 17.2 Å². The zero-order valence-electron chi connectivity index (χ0n) is 12.3. The van der Waals surface area contributed by atoms with Gasteiger partial charge in [-0.3, -0.25) is 0 Å². The fraction of sp³-hybridized carbons (Fsp3) is 0.615. The third-order valence-electron chi connectivity index (χ3n) is 2.51. The van der Waals surface area contributed by atoms with E-state index in [0.717, 1.165) is 0 Å². The highest BCUT2D eigenvalue weighted by atomic mass is 16.6. The summed E-state index contributed by atoms with van der Waals surface area (Å²) in [6.45, 7) is 5.38. The average Bonchev–Trinajstić information content (AvgIpc) is 2.36. The summed E-state index contributed by atoms with van der Waals surface area (Å²) in [5.74, 6) is 0. The Kier molecular flexibility index (Phi) is 5.86. The van der Waals surface area contributed by atoms with Crippen molar-refractivity contribution in [2.75, 3.05) is 6.54 Å². The van der Waals surface area contributed by atoms with Crippen LogP contribution in [-0.4, -0.2) is 44.5 Å². The quantitative estimate of drug-likeness (QED) is 0.610. The summed E-state index contributed by atoms with van der Waals surface area (Å²) in [5.41, 5.74) is -0.838. The van der Waals surface area contributed by atoms with Crippen LogP contribution in [0.4, 0.5) is 4.79 Å². The summed E-state index contributed by atoms with van der Waals surface area (Å²) in [6.07, 6.45) is -0.296. The average molecular weight is 299 g/mol. The highest BCUT2D eigenvalue weighted by Gasteiger charge is 2.20. The van der Waals surface area contributed by atoms with Gasteiger partial charge in [-0.2, -0.15) is 0 Å². The number of aromatic nitrogens is 2. The van der Waals surface area contributed by atoms with E-state index in [2.05, 4.69) is 15.3 Å². The third kappa shape index (κ3) is 6.37. The Hall–Kier alpha value is -1.93. The highest BCUT2D eigenvalue weighted by Crippen LogP contribution is 2.16. The molecule has 4 N–H and O–H groups in total. The Balaban J connectivity index is 2.39. The second-order valence-corrected chi connectivity index (χ2v) is 5.58. The molecule has 0 saturated heterocycles. The molecule has 0 saturated carbocycles. The zero-order chi connectivity index (χ0) is 16.0. The van der Waals surface area contributed by atoms with E-state index in [0.29, 0.717) is 5.56 Å². The van der Waals surface area contributed by atoms with Crippen molar-refractivity contribution in [1.82, 2.24) is 15.3 Å². The number of rotatable bonds is 5. The van der Waals surface area contributed by atoms with Gasteiger partial charge in [0, 0.05) is 24.5 Å². The summed E-state index contributed by atoms with van der Waals surface area (Å²) in [5, 5.41) is 22.2. The van der Waals surface area contributed by atoms with E-state index in [9.17, 15) is 19.8 Å². The summed E-state index contributed by atoms with van der Waals surface area (Å²) in [6, 6.07) is 0. The van der Waals surface area contributed by atoms with Crippen LogP contribution in [0.3, 0.4) is 0 Å². The summed E-state index contributed by atoms with van der Waals surface area (Å²) >= 11 is 0. The van der Waals surface area contributed by atoms with Crippen LogP contribution in [0, 0.1) is 0 Å². The molecule has 118 valence electrons. The second-order valence-electron chi connectivity index (χ2n) is 5.58. The van der Waals surface area contributed by atoms with Crippen molar-refractivity contribution in [1.29, 1.82) is 0 Å². The molecule has 21 heavy (non-hydrogen) atoms. The molecule has 1 aromatic heterocycles. The molecule has 1 heterocycles. The van der Waals surface area contributed by atoms with Crippen molar-refractivity contribution in [3.8, 4) is 0 Å². The number of nitrogens with one attached hydrogen (secondary N) is 2. The normalized spacial score (nSPS) is 14.3. The van der Waals surface area contributed by atoms with Crippen LogP contribution >= 0.6 is 0 Å². The molecule has 2 atom stereocenters. The molecule has 0 aliphatic heterocycles. The Morgan fingerprint density at radius 2 is 2.14 bits per heavy atom. The number of hydrogen-bond donors (Lipinski definition) is 4. The number of carbonyl (C=O) groups is 1. The van der Waals surface area contributed by atoms with Gasteiger partial charge in [-0.15, -0.1) is 0 Å². The highest BCUT2D eigenvalue weighted by molar-refractivity contribution is 5.67. The van der Waals surface area contributed by atoms with Gasteiger partial charge in [0.25, 0.3) is 0 Å². The van der Waals surface area contributed by atoms with Crippen molar-refractivity contribution in [2.24, 2.45) is 0 Å². The molecule has 8 nitrogen and oxygen atoms in total. The maximum Gasteiger partial charge on any atom is 0.407 e. The van der Waals surface area contributed by atoms with Crippen LogP contribution in [0.2, 0.25) is 0 Å². The van der Waals surface area contributed by atoms with Crippen LogP contribution < -0.4 is 11.0 Å². The summed E-state index contributed by atoms with van der Waals surface area (Å²) in [7, 11) is 0. The Labute approximate surface area is 122 Å². The SMILES string of the molecule is CC(C)(C)OC(=O)NCCC(O)C(O)c1cnc(=O)[nH]c1. The maximum absolute atomic E-state index is 11.4. The zero-order valence-corrected chi connectivity index (χ0v) is 12.3. The number of alkyl carbamates (subject to hydrolysis) is 1. The predicted octanol–water partition coefficient (Wildman–Crippen LogP) is 0.0790. The molecular weight excluding hydrogens is 278 g/mol. The number of aliphatic hydroxyl groups is 2. The van der Waals surface area contributed by atoms with E-state index >= 15 is 0 Å². The van der Waals surface area contributed by atoms with Gasteiger partial charge >= 0.3 is 11.8 Å². The van der Waals surface area contributed by atoms with Gasteiger partial charge in [-0.05, 0) is 27.2 Å². The lowest BCUT2D eigenvalue weighted by Crippen LogP contribution is -2.34. The molecule has 1 amide bonds. The number of aliphatic hydroxyl groups excluding tert-OH is 2. The maximum atomic E-state index is 11.4. The molecule has 1 rings (SSSR count). The first kappa shape index (κ1) is 17.1. The fourth-order valence-electron chi connectivity index (χ4n) is 1.53. The topological polar surface area (TPSA) is 125 Å². The molecular formula is C13H21N3O5. The van der Waals surface area contributed by atoms with Crippen molar-refractivity contribution in [3.63, 3.8) is 0 Å². The number of hydrogen-bond acceptors (Lipinski definition) is 6. The lowest BCUT2D eigenvalue weighted by atomic mass is 10.1. The molecule has 0 bridgehead atoms.